The van der Waals surface area contributed by atoms with E-state index in [2.05, 4.69) is 20.5 Å². The number of ether oxygens (including phenoxy) is 2. The Hall–Kier alpha value is -3.41. The lowest BCUT2D eigenvalue weighted by Gasteiger charge is -2.24. The van der Waals surface area contributed by atoms with E-state index in [1.807, 2.05) is 12.1 Å². The summed E-state index contributed by atoms with van der Waals surface area (Å²) in [7, 11) is 1.38. The molecule has 0 saturated carbocycles. The number of carbonyl (C=O) groups is 3. The highest BCUT2D eigenvalue weighted by molar-refractivity contribution is 7.99. The summed E-state index contributed by atoms with van der Waals surface area (Å²) < 4.78 is 16.1. The van der Waals surface area contributed by atoms with Crippen LogP contribution in [0.3, 0.4) is 0 Å². The van der Waals surface area contributed by atoms with Crippen LogP contribution in [0.4, 0.5) is 4.79 Å². The Morgan fingerprint density at radius 3 is 2.90 bits per heavy atom. The fourth-order valence-corrected chi connectivity index (χ4v) is 3.64. The summed E-state index contributed by atoms with van der Waals surface area (Å²) >= 11 is 1.09. The van der Waals surface area contributed by atoms with Crippen LogP contribution in [0.1, 0.15) is 18.4 Å². The predicted octanol–water partition coefficient (Wildman–Crippen LogP) is 1.42. The lowest BCUT2D eigenvalue weighted by atomic mass is 9.97. The van der Waals surface area contributed by atoms with Gasteiger partial charge in [-0.25, -0.2) is 9.79 Å². The molecule has 0 fully saturated rings. The van der Waals surface area contributed by atoms with Gasteiger partial charge in [-0.3, -0.25) is 14.5 Å². The van der Waals surface area contributed by atoms with Crippen LogP contribution in [0.25, 0.3) is 0 Å². The van der Waals surface area contributed by atoms with E-state index in [4.69, 9.17) is 13.9 Å². The first-order valence-electron chi connectivity index (χ1n) is 9.38. The van der Waals surface area contributed by atoms with E-state index in [1.165, 1.54) is 7.05 Å². The molecule has 1 aromatic carbocycles. The summed E-state index contributed by atoms with van der Waals surface area (Å²) in [4.78, 5) is 40.8. The minimum atomic E-state index is -0.633. The molecule has 2 aromatic rings. The smallest absolute Gasteiger partial charge is 0.349 e. The Labute approximate surface area is 181 Å². The molecule has 1 atom stereocenters. The van der Waals surface area contributed by atoms with Crippen molar-refractivity contribution in [2.24, 2.45) is 10.9 Å². The van der Waals surface area contributed by atoms with E-state index >= 15 is 0 Å². The van der Waals surface area contributed by atoms with Crippen LogP contribution in [0, 0.1) is 5.92 Å². The van der Waals surface area contributed by atoms with Gasteiger partial charge >= 0.3 is 6.03 Å². The lowest BCUT2D eigenvalue weighted by Crippen LogP contribution is -2.44. The molecule has 12 heteroatoms. The maximum absolute atomic E-state index is 12.3. The van der Waals surface area contributed by atoms with Gasteiger partial charge in [-0.1, -0.05) is 17.8 Å². The molecule has 2 aliphatic rings. The molecule has 31 heavy (non-hydrogen) atoms. The number of amides is 4. The molecule has 11 nitrogen and oxygen atoms in total. The number of fused-ring (bicyclic) bond motifs is 1. The average molecular weight is 445 g/mol. The van der Waals surface area contributed by atoms with Gasteiger partial charge in [-0.15, -0.1) is 10.2 Å². The second-order valence-corrected chi connectivity index (χ2v) is 7.83. The van der Waals surface area contributed by atoms with Gasteiger partial charge in [0.1, 0.15) is 0 Å². The van der Waals surface area contributed by atoms with E-state index in [0.717, 1.165) is 22.2 Å². The number of benzene rings is 1. The van der Waals surface area contributed by atoms with Crippen molar-refractivity contribution in [1.29, 1.82) is 0 Å². The van der Waals surface area contributed by atoms with Gasteiger partial charge in [-0.2, -0.15) is 0 Å². The number of nitrogens with one attached hydrogen (secondary N) is 1. The third-order valence-corrected chi connectivity index (χ3v) is 5.59. The molecule has 0 radical (unpaired) electrons. The van der Waals surface area contributed by atoms with Crippen LogP contribution >= 0.6 is 11.8 Å². The maximum Gasteiger partial charge on any atom is 0.349 e. The zero-order valence-corrected chi connectivity index (χ0v) is 17.6. The second kappa shape index (κ2) is 8.76. The van der Waals surface area contributed by atoms with Crippen LogP contribution in [0.2, 0.25) is 0 Å². The first-order chi connectivity index (χ1) is 14.9. The summed E-state index contributed by atoms with van der Waals surface area (Å²) in [6, 6.07) is 4.89. The van der Waals surface area contributed by atoms with Crippen molar-refractivity contribution in [2.45, 2.75) is 25.1 Å². The molecule has 3 heterocycles. The number of hydrogen-bond acceptors (Lipinski definition) is 9. The number of nitrogens with zero attached hydrogens (tertiary/aromatic N) is 4. The molecule has 1 N–H and O–H groups in total. The molecule has 0 aliphatic carbocycles. The van der Waals surface area contributed by atoms with Crippen LogP contribution in [-0.4, -0.2) is 58.2 Å². The number of hydrogen-bond donors (Lipinski definition) is 1. The third kappa shape index (κ3) is 4.68. The average Bonchev–Trinajstić information content (AvgIpc) is 3.41. The van der Waals surface area contributed by atoms with E-state index in [9.17, 15) is 14.4 Å². The van der Waals surface area contributed by atoms with Crippen LogP contribution in [0.15, 0.2) is 32.8 Å². The quantitative estimate of drug-likeness (QED) is 0.627. The number of rotatable bonds is 7. The highest BCUT2D eigenvalue weighted by Crippen LogP contribution is 2.32. The maximum atomic E-state index is 12.3. The minimum absolute atomic E-state index is 0.0896. The molecule has 0 spiro atoms. The number of imide groups is 1. The van der Waals surface area contributed by atoms with Crippen molar-refractivity contribution < 1.29 is 28.3 Å². The van der Waals surface area contributed by atoms with Gasteiger partial charge in [0.25, 0.3) is 5.22 Å². The van der Waals surface area contributed by atoms with Crippen molar-refractivity contribution >= 4 is 35.3 Å². The number of aliphatic imine (C=N–C) groups is 1. The molecule has 0 saturated heterocycles. The molecule has 4 rings (SSSR count). The summed E-state index contributed by atoms with van der Waals surface area (Å²) in [6.45, 7) is 2.16. The Morgan fingerprint density at radius 2 is 2.06 bits per heavy atom. The fraction of sp³-hybridized carbons (Fsp3) is 0.368. The molecule has 0 bridgehead atoms. The van der Waals surface area contributed by atoms with Gasteiger partial charge in [0.15, 0.2) is 11.5 Å². The second-order valence-electron chi connectivity index (χ2n) is 6.90. The largest absolute Gasteiger partial charge is 0.454 e. The molecular weight excluding hydrogens is 426 g/mol. The first kappa shape index (κ1) is 20.8. The topological polar surface area (TPSA) is 136 Å². The van der Waals surface area contributed by atoms with Crippen LogP contribution < -0.4 is 14.8 Å². The van der Waals surface area contributed by atoms with Crippen molar-refractivity contribution in [2.75, 3.05) is 19.6 Å². The SMILES string of the molecule is CC1=NC(=O)N(C)C(=O)C1Cc1nnc(SCC(=O)NCc2ccc3c(c2)OCO3)o1. The zero-order chi connectivity index (χ0) is 22.0. The van der Waals surface area contributed by atoms with E-state index in [-0.39, 0.29) is 41.9 Å². The number of thioether (sulfide) groups is 1. The fourth-order valence-electron chi connectivity index (χ4n) is 3.03. The van der Waals surface area contributed by atoms with Gasteiger partial charge in [0.05, 0.1) is 11.7 Å². The summed E-state index contributed by atoms with van der Waals surface area (Å²) in [6.07, 6.45) is 0.135. The summed E-state index contributed by atoms with van der Waals surface area (Å²) in [5.41, 5.74) is 1.30. The Morgan fingerprint density at radius 1 is 1.26 bits per heavy atom. The van der Waals surface area contributed by atoms with Gasteiger partial charge in [-0.05, 0) is 24.6 Å². The van der Waals surface area contributed by atoms with Crippen LogP contribution in [-0.2, 0) is 22.6 Å². The summed E-state index contributed by atoms with van der Waals surface area (Å²) in [5.74, 6) is 0.469. The number of carbonyl (C=O) groups excluding carboxylic acids is 3. The van der Waals surface area contributed by atoms with Crippen molar-refractivity contribution in [1.82, 2.24) is 20.4 Å². The highest BCUT2D eigenvalue weighted by Gasteiger charge is 2.34. The van der Waals surface area contributed by atoms with Crippen molar-refractivity contribution in [3.63, 3.8) is 0 Å². The number of aromatic nitrogens is 2. The molecule has 1 unspecified atom stereocenters. The molecule has 162 valence electrons. The molecule has 1 aromatic heterocycles. The summed E-state index contributed by atoms with van der Waals surface area (Å²) in [5, 5.41) is 10.8. The minimum Gasteiger partial charge on any atom is -0.454 e. The van der Waals surface area contributed by atoms with E-state index in [1.54, 1.807) is 13.0 Å². The normalized spacial score (nSPS) is 17.7. The third-order valence-electron chi connectivity index (χ3n) is 4.77. The molecule has 2 aliphatic heterocycles. The Kier molecular flexibility index (Phi) is 5.89. The van der Waals surface area contributed by atoms with Crippen molar-refractivity contribution in [3.8, 4) is 11.5 Å². The van der Waals surface area contributed by atoms with Crippen LogP contribution in [0.5, 0.6) is 11.5 Å². The zero-order valence-electron chi connectivity index (χ0n) is 16.8. The van der Waals surface area contributed by atoms with Gasteiger partial charge in [0.2, 0.25) is 24.5 Å². The molecular formula is C19H19N5O6S. The predicted molar refractivity (Wildman–Crippen MR) is 108 cm³/mol. The Balaban J connectivity index is 1.26. The molecule has 4 amide bonds. The standard InChI is InChI=1S/C19H19N5O6S/c1-10-12(17(26)24(2)18(27)21-10)6-16-22-23-19(30-16)31-8-15(25)20-7-11-3-4-13-14(5-11)29-9-28-13/h3-5,12H,6-9H2,1-2H3,(H,20,25). The highest BCUT2D eigenvalue weighted by atomic mass is 32.2. The van der Waals surface area contributed by atoms with Gasteiger partial charge in [0, 0.05) is 25.7 Å². The monoisotopic (exact) mass is 445 g/mol. The van der Waals surface area contributed by atoms with Crippen molar-refractivity contribution in [3.05, 3.63) is 29.7 Å². The lowest BCUT2D eigenvalue weighted by molar-refractivity contribution is -0.129. The van der Waals surface area contributed by atoms with E-state index in [0.29, 0.717) is 23.8 Å². The first-order valence-corrected chi connectivity index (χ1v) is 10.4. The van der Waals surface area contributed by atoms with E-state index < -0.39 is 11.9 Å². The number of urea groups is 1. The Bertz CT molecular complexity index is 1070. The van der Waals surface area contributed by atoms with Gasteiger partial charge < -0.3 is 19.2 Å².